The lowest BCUT2D eigenvalue weighted by atomic mass is 10.0. The lowest BCUT2D eigenvalue weighted by Gasteiger charge is -2.24. The van der Waals surface area contributed by atoms with Crippen molar-refractivity contribution in [2.75, 3.05) is 0 Å². The molecule has 30 heavy (non-hydrogen) atoms. The highest BCUT2D eigenvalue weighted by atomic mass is 16.5. The van der Waals surface area contributed by atoms with Gasteiger partial charge in [0, 0.05) is 5.52 Å². The van der Waals surface area contributed by atoms with Crippen LogP contribution in [0.5, 0.6) is 5.75 Å². The molecule has 6 nitrogen and oxygen atoms in total. The van der Waals surface area contributed by atoms with E-state index in [9.17, 15) is 19.5 Å². The van der Waals surface area contributed by atoms with Crippen LogP contribution in [0.3, 0.4) is 0 Å². The molecular weight excluding hydrogens is 382 g/mol. The molecular formula is C24H23NO5. The molecule has 0 aliphatic carbocycles. The summed E-state index contributed by atoms with van der Waals surface area (Å²) in [6.07, 6.45) is 2.98. The number of aryl methyl sites for hydroxylation is 2. The lowest BCUT2D eigenvalue weighted by molar-refractivity contribution is -0.152. The maximum Gasteiger partial charge on any atom is 0.347 e. The van der Waals surface area contributed by atoms with E-state index < -0.39 is 22.9 Å². The van der Waals surface area contributed by atoms with Crippen molar-refractivity contribution < 1.29 is 19.4 Å². The number of pyridine rings is 1. The number of rotatable bonds is 6. The highest BCUT2D eigenvalue weighted by Crippen LogP contribution is 2.29. The van der Waals surface area contributed by atoms with E-state index in [4.69, 9.17) is 4.74 Å². The number of allylic oxidation sites excluding steroid dienone is 1. The van der Waals surface area contributed by atoms with Crippen LogP contribution < -0.4 is 10.3 Å². The number of aromatic nitrogens is 1. The topological polar surface area (TPSA) is 96.5 Å². The van der Waals surface area contributed by atoms with Crippen LogP contribution >= 0.6 is 0 Å². The first kappa shape index (κ1) is 21.0. The number of hydrogen-bond donors (Lipinski definition) is 2. The number of benzene rings is 2. The molecule has 3 aromatic rings. The van der Waals surface area contributed by atoms with Gasteiger partial charge in [-0.1, -0.05) is 24.3 Å². The Labute approximate surface area is 173 Å². The van der Waals surface area contributed by atoms with Gasteiger partial charge in [0.15, 0.2) is 11.4 Å². The predicted molar refractivity (Wildman–Crippen MR) is 116 cm³/mol. The maximum atomic E-state index is 12.6. The molecule has 1 heterocycles. The van der Waals surface area contributed by atoms with Crippen LogP contribution in [-0.4, -0.2) is 27.4 Å². The monoisotopic (exact) mass is 405 g/mol. The van der Waals surface area contributed by atoms with Crippen LogP contribution in [0.4, 0.5) is 0 Å². The van der Waals surface area contributed by atoms with Crippen molar-refractivity contribution in [2.45, 2.75) is 33.3 Å². The van der Waals surface area contributed by atoms with E-state index in [1.54, 1.807) is 30.3 Å². The van der Waals surface area contributed by atoms with Gasteiger partial charge >= 0.3 is 5.97 Å². The molecule has 0 aliphatic heterocycles. The lowest BCUT2D eigenvalue weighted by Crippen LogP contribution is -2.38. The van der Waals surface area contributed by atoms with Gasteiger partial charge in [-0.3, -0.25) is 9.59 Å². The zero-order chi connectivity index (χ0) is 22.1. The first-order valence-electron chi connectivity index (χ1n) is 9.46. The largest absolute Gasteiger partial charge is 0.478 e. The van der Waals surface area contributed by atoms with Crippen molar-refractivity contribution in [3.05, 3.63) is 81.1 Å². The van der Waals surface area contributed by atoms with Crippen molar-refractivity contribution in [1.82, 2.24) is 4.98 Å². The van der Waals surface area contributed by atoms with Gasteiger partial charge in [-0.25, -0.2) is 4.79 Å². The number of carbonyl (C=O) groups is 2. The predicted octanol–water partition coefficient (Wildman–Crippen LogP) is 4.28. The summed E-state index contributed by atoms with van der Waals surface area (Å²) in [4.78, 5) is 38.9. The number of aromatic amines is 1. The Kier molecular flexibility index (Phi) is 5.60. The number of nitrogens with one attached hydrogen (secondary N) is 1. The summed E-state index contributed by atoms with van der Waals surface area (Å²) in [5.74, 6) is -0.960. The fourth-order valence-corrected chi connectivity index (χ4v) is 3.13. The molecule has 0 unspecified atom stereocenters. The second-order valence-electron chi connectivity index (χ2n) is 7.70. The van der Waals surface area contributed by atoms with Crippen LogP contribution in [0.15, 0.2) is 53.3 Å². The number of H-pyrrole nitrogens is 1. The molecule has 0 spiro atoms. The second-order valence-corrected chi connectivity index (χ2v) is 7.70. The molecule has 0 bridgehead atoms. The summed E-state index contributed by atoms with van der Waals surface area (Å²) in [6.45, 7) is 6.60. The number of ketones is 1. The molecule has 1 aromatic heterocycles. The Hall–Kier alpha value is -3.67. The number of carbonyl (C=O) groups excluding carboxylic acids is 1. The highest BCUT2D eigenvalue weighted by Gasteiger charge is 2.30. The number of hydrogen-bond acceptors (Lipinski definition) is 4. The number of ether oxygens (including phenoxy) is 1. The van der Waals surface area contributed by atoms with Crippen LogP contribution in [0.25, 0.3) is 17.0 Å². The van der Waals surface area contributed by atoms with Crippen molar-refractivity contribution in [2.24, 2.45) is 0 Å². The molecule has 0 radical (unpaired) electrons. The Balaban J connectivity index is 1.88. The fraction of sp³-hybridized carbons (Fsp3) is 0.208. The second kappa shape index (κ2) is 7.99. The standard InChI is InChI=1S/C24H23NO5/c1-14-11-16(12-15(2)21(14)30-24(3,4)23(28)29)9-10-20(26)18-13-17-7-5-6-8-19(17)25-22(18)27/h5-13H,1-4H3,(H,25,27)(H,28,29)/b10-9+. The third kappa shape index (κ3) is 4.33. The van der Waals surface area contributed by atoms with E-state index in [0.717, 1.165) is 22.1 Å². The minimum atomic E-state index is -1.36. The summed E-state index contributed by atoms with van der Waals surface area (Å²) in [6, 6.07) is 12.4. The quantitative estimate of drug-likeness (QED) is 0.471. The number of fused-ring (bicyclic) bond motifs is 1. The normalized spacial score (nSPS) is 11.7. The van der Waals surface area contributed by atoms with Crippen LogP contribution in [0.2, 0.25) is 0 Å². The minimum absolute atomic E-state index is 0.0709. The average Bonchev–Trinajstić information content (AvgIpc) is 2.68. The molecule has 0 fully saturated rings. The molecule has 0 aliphatic rings. The molecule has 2 aromatic carbocycles. The first-order chi connectivity index (χ1) is 14.1. The van der Waals surface area contributed by atoms with E-state index in [2.05, 4.69) is 4.98 Å². The van der Waals surface area contributed by atoms with Gasteiger partial charge in [-0.2, -0.15) is 0 Å². The average molecular weight is 405 g/mol. The van der Waals surface area contributed by atoms with Gasteiger partial charge in [-0.05, 0) is 80.1 Å². The smallest absolute Gasteiger partial charge is 0.347 e. The minimum Gasteiger partial charge on any atom is -0.478 e. The number of aliphatic carboxylic acids is 1. The molecule has 0 saturated heterocycles. The molecule has 154 valence electrons. The SMILES string of the molecule is Cc1cc(/C=C/C(=O)c2cc3ccccc3[nH]c2=O)cc(C)c1OC(C)(C)C(=O)O. The Morgan fingerprint density at radius 2 is 1.70 bits per heavy atom. The first-order valence-corrected chi connectivity index (χ1v) is 9.46. The summed E-state index contributed by atoms with van der Waals surface area (Å²) < 4.78 is 5.70. The third-order valence-corrected chi connectivity index (χ3v) is 4.80. The number of para-hydroxylation sites is 1. The summed E-state index contributed by atoms with van der Waals surface area (Å²) in [5.41, 5.74) is 1.20. The molecule has 2 N–H and O–H groups in total. The van der Waals surface area contributed by atoms with E-state index in [0.29, 0.717) is 11.3 Å². The van der Waals surface area contributed by atoms with Crippen molar-refractivity contribution >= 4 is 28.7 Å². The van der Waals surface area contributed by atoms with Crippen molar-refractivity contribution in [1.29, 1.82) is 0 Å². The zero-order valence-corrected chi connectivity index (χ0v) is 17.3. The van der Waals surface area contributed by atoms with Gasteiger partial charge in [0.05, 0.1) is 5.56 Å². The Morgan fingerprint density at radius 3 is 2.33 bits per heavy atom. The Morgan fingerprint density at radius 1 is 1.07 bits per heavy atom. The Bertz CT molecular complexity index is 1210. The van der Waals surface area contributed by atoms with Crippen molar-refractivity contribution in [3.63, 3.8) is 0 Å². The van der Waals surface area contributed by atoms with Crippen molar-refractivity contribution in [3.8, 4) is 5.75 Å². The van der Waals surface area contributed by atoms with Crippen LogP contribution in [-0.2, 0) is 4.79 Å². The maximum absolute atomic E-state index is 12.6. The third-order valence-electron chi connectivity index (χ3n) is 4.80. The van der Waals surface area contributed by atoms with E-state index in [1.165, 1.54) is 19.9 Å². The number of carboxylic acid groups (broad SMARTS) is 1. The van der Waals surface area contributed by atoms with Crippen LogP contribution in [0, 0.1) is 13.8 Å². The van der Waals surface area contributed by atoms with Gasteiger partial charge in [0.2, 0.25) is 0 Å². The van der Waals surface area contributed by atoms with E-state index in [1.807, 2.05) is 32.0 Å². The molecule has 0 atom stereocenters. The zero-order valence-electron chi connectivity index (χ0n) is 17.3. The summed E-state index contributed by atoms with van der Waals surface area (Å²) in [5, 5.41) is 10.1. The molecule has 0 amide bonds. The molecule has 0 saturated carbocycles. The van der Waals surface area contributed by atoms with Gasteiger partial charge in [0.25, 0.3) is 5.56 Å². The summed E-state index contributed by atoms with van der Waals surface area (Å²) in [7, 11) is 0. The summed E-state index contributed by atoms with van der Waals surface area (Å²) >= 11 is 0. The van der Waals surface area contributed by atoms with Gasteiger partial charge in [0.1, 0.15) is 5.75 Å². The van der Waals surface area contributed by atoms with E-state index >= 15 is 0 Å². The van der Waals surface area contributed by atoms with Gasteiger partial charge < -0.3 is 14.8 Å². The van der Waals surface area contributed by atoms with E-state index in [-0.39, 0.29) is 5.56 Å². The highest BCUT2D eigenvalue weighted by molar-refractivity contribution is 6.08. The molecule has 6 heteroatoms. The number of carboxylic acids is 1. The molecule has 3 rings (SSSR count). The van der Waals surface area contributed by atoms with Crippen LogP contribution in [0.1, 0.15) is 40.9 Å². The van der Waals surface area contributed by atoms with Gasteiger partial charge in [-0.15, -0.1) is 0 Å². The fourth-order valence-electron chi connectivity index (χ4n) is 3.13.